The summed E-state index contributed by atoms with van der Waals surface area (Å²) in [5.74, 6) is 1.71. The molecule has 4 nitrogen and oxygen atoms in total. The number of hydrogen-bond acceptors (Lipinski definition) is 4. The molecule has 1 fully saturated rings. The second kappa shape index (κ2) is 5.16. The molecular weight excluding hydrogens is 228 g/mol. The molecule has 98 valence electrons. The van der Waals surface area contributed by atoms with Gasteiger partial charge in [0.05, 0.1) is 0 Å². The smallest absolute Gasteiger partial charge is 0.231 e. The summed E-state index contributed by atoms with van der Waals surface area (Å²) in [5, 5.41) is 2.33. The molecule has 4 heteroatoms. The minimum atomic E-state index is 0.303. The van der Waals surface area contributed by atoms with Gasteiger partial charge in [0, 0.05) is 19.1 Å². The van der Waals surface area contributed by atoms with Crippen molar-refractivity contribution in [3.63, 3.8) is 0 Å². The topological polar surface area (TPSA) is 33.7 Å². The molecule has 2 aliphatic heterocycles. The molecular formula is C14H20N2O2. The van der Waals surface area contributed by atoms with Crippen LogP contribution < -0.4 is 14.9 Å². The first-order valence-corrected chi connectivity index (χ1v) is 6.73. The van der Waals surface area contributed by atoms with Crippen molar-refractivity contribution in [2.45, 2.75) is 32.2 Å². The van der Waals surface area contributed by atoms with E-state index >= 15 is 0 Å². The molecule has 1 aromatic rings. The summed E-state index contributed by atoms with van der Waals surface area (Å²) in [7, 11) is 0. The number of nitrogens with zero attached hydrogens (tertiary/aromatic N) is 1. The van der Waals surface area contributed by atoms with Gasteiger partial charge in [-0.15, -0.1) is 0 Å². The normalized spacial score (nSPS) is 20.9. The standard InChI is InChI=1S/C14H20N2O2/c1-11(15-16-7-3-2-4-8-16)12-5-6-13-14(9-12)18-10-17-13/h5-6,9,11,15H,2-4,7-8,10H2,1H3. The predicted molar refractivity (Wildman–Crippen MR) is 69.5 cm³/mol. The first kappa shape index (κ1) is 11.8. The minimum Gasteiger partial charge on any atom is -0.454 e. The maximum absolute atomic E-state index is 5.42. The summed E-state index contributed by atoms with van der Waals surface area (Å²) in [4.78, 5) is 0. The zero-order chi connectivity index (χ0) is 12.4. The fourth-order valence-electron chi connectivity index (χ4n) is 2.55. The van der Waals surface area contributed by atoms with Gasteiger partial charge >= 0.3 is 0 Å². The van der Waals surface area contributed by atoms with Crippen LogP contribution >= 0.6 is 0 Å². The van der Waals surface area contributed by atoms with Gasteiger partial charge < -0.3 is 9.47 Å². The van der Waals surface area contributed by atoms with Crippen molar-refractivity contribution in [2.24, 2.45) is 0 Å². The molecule has 0 aromatic heterocycles. The second-order valence-electron chi connectivity index (χ2n) is 5.01. The Morgan fingerprint density at radius 3 is 2.72 bits per heavy atom. The average molecular weight is 248 g/mol. The van der Waals surface area contributed by atoms with Gasteiger partial charge in [-0.3, -0.25) is 0 Å². The third-order valence-electron chi connectivity index (χ3n) is 3.63. The highest BCUT2D eigenvalue weighted by Gasteiger charge is 2.17. The van der Waals surface area contributed by atoms with Crippen LogP contribution in [0.4, 0.5) is 0 Å². The van der Waals surface area contributed by atoms with Crippen LogP contribution in [0, 0.1) is 0 Å². The summed E-state index contributed by atoms with van der Waals surface area (Å²) in [6.45, 7) is 4.82. The van der Waals surface area contributed by atoms with Gasteiger partial charge in [-0.25, -0.2) is 10.4 Å². The van der Waals surface area contributed by atoms with Gasteiger partial charge in [0.15, 0.2) is 11.5 Å². The Morgan fingerprint density at radius 1 is 1.11 bits per heavy atom. The van der Waals surface area contributed by atoms with Crippen LogP contribution in [0.3, 0.4) is 0 Å². The zero-order valence-electron chi connectivity index (χ0n) is 10.8. The molecule has 1 N–H and O–H groups in total. The van der Waals surface area contributed by atoms with Gasteiger partial charge in [-0.1, -0.05) is 12.5 Å². The number of rotatable bonds is 3. The number of fused-ring (bicyclic) bond motifs is 1. The SMILES string of the molecule is CC(NN1CCCCC1)c1ccc2c(c1)OCO2. The van der Waals surface area contributed by atoms with E-state index in [0.29, 0.717) is 12.8 Å². The van der Waals surface area contributed by atoms with Gasteiger partial charge in [0.1, 0.15) is 0 Å². The molecule has 0 saturated carbocycles. The van der Waals surface area contributed by atoms with Gasteiger partial charge in [0.2, 0.25) is 6.79 Å². The first-order chi connectivity index (χ1) is 8.83. The highest BCUT2D eigenvalue weighted by Crippen LogP contribution is 2.34. The van der Waals surface area contributed by atoms with E-state index in [1.807, 2.05) is 6.07 Å². The van der Waals surface area contributed by atoms with Gasteiger partial charge in [0.25, 0.3) is 0 Å². The summed E-state index contributed by atoms with van der Waals surface area (Å²) in [6.07, 6.45) is 3.94. The van der Waals surface area contributed by atoms with E-state index in [1.54, 1.807) is 0 Å². The molecule has 1 unspecified atom stereocenters. The average Bonchev–Trinajstić information content (AvgIpc) is 2.87. The number of hydrazine groups is 1. The molecule has 3 rings (SSSR count). The predicted octanol–water partition coefficient (Wildman–Crippen LogP) is 2.47. The quantitative estimate of drug-likeness (QED) is 0.891. The van der Waals surface area contributed by atoms with E-state index in [4.69, 9.17) is 9.47 Å². The van der Waals surface area contributed by atoms with Crippen LogP contribution in [0.2, 0.25) is 0 Å². The van der Waals surface area contributed by atoms with Crippen LogP contribution in [0.15, 0.2) is 18.2 Å². The van der Waals surface area contributed by atoms with Crippen LogP contribution in [0.1, 0.15) is 37.8 Å². The van der Waals surface area contributed by atoms with Crippen molar-refractivity contribution in [3.05, 3.63) is 23.8 Å². The Bertz CT molecular complexity index is 416. The van der Waals surface area contributed by atoms with E-state index in [0.717, 1.165) is 24.6 Å². The summed E-state index contributed by atoms with van der Waals surface area (Å²) in [5.41, 5.74) is 4.80. The Morgan fingerprint density at radius 2 is 1.89 bits per heavy atom. The van der Waals surface area contributed by atoms with Crippen molar-refractivity contribution in [3.8, 4) is 11.5 Å². The number of benzene rings is 1. The fraction of sp³-hybridized carbons (Fsp3) is 0.571. The lowest BCUT2D eigenvalue weighted by Gasteiger charge is -2.30. The summed E-state index contributed by atoms with van der Waals surface area (Å²) < 4.78 is 10.7. The number of piperidine rings is 1. The molecule has 0 bridgehead atoms. The second-order valence-corrected chi connectivity index (χ2v) is 5.01. The van der Waals surface area contributed by atoms with Gasteiger partial charge in [-0.05, 0) is 37.5 Å². The number of hydrogen-bond donors (Lipinski definition) is 1. The molecule has 2 aliphatic rings. The summed E-state index contributed by atoms with van der Waals surface area (Å²) in [6, 6.07) is 6.48. The van der Waals surface area contributed by atoms with Crippen molar-refractivity contribution in [1.29, 1.82) is 0 Å². The lowest BCUT2D eigenvalue weighted by molar-refractivity contribution is 0.133. The maximum atomic E-state index is 5.42. The van der Waals surface area contributed by atoms with Crippen molar-refractivity contribution in [2.75, 3.05) is 19.9 Å². The molecule has 0 aliphatic carbocycles. The van der Waals surface area contributed by atoms with E-state index in [1.165, 1.54) is 24.8 Å². The Hall–Kier alpha value is -1.26. The first-order valence-electron chi connectivity index (χ1n) is 6.73. The molecule has 1 aromatic carbocycles. The molecule has 18 heavy (non-hydrogen) atoms. The van der Waals surface area contributed by atoms with Crippen molar-refractivity contribution in [1.82, 2.24) is 10.4 Å². The monoisotopic (exact) mass is 248 g/mol. The summed E-state index contributed by atoms with van der Waals surface area (Å²) >= 11 is 0. The lowest BCUT2D eigenvalue weighted by Crippen LogP contribution is -2.42. The van der Waals surface area contributed by atoms with Crippen LogP contribution in [0.25, 0.3) is 0 Å². The Kier molecular flexibility index (Phi) is 3.39. The van der Waals surface area contributed by atoms with Crippen LogP contribution in [-0.2, 0) is 0 Å². The zero-order valence-corrected chi connectivity index (χ0v) is 10.8. The van der Waals surface area contributed by atoms with E-state index in [9.17, 15) is 0 Å². The van der Waals surface area contributed by atoms with E-state index in [-0.39, 0.29) is 0 Å². The number of ether oxygens (including phenoxy) is 2. The van der Waals surface area contributed by atoms with Gasteiger partial charge in [-0.2, -0.15) is 0 Å². The fourth-order valence-corrected chi connectivity index (χ4v) is 2.55. The van der Waals surface area contributed by atoms with Crippen LogP contribution in [-0.4, -0.2) is 24.9 Å². The molecule has 1 atom stereocenters. The minimum absolute atomic E-state index is 0.303. The van der Waals surface area contributed by atoms with E-state index in [2.05, 4.69) is 29.5 Å². The molecule has 0 amide bonds. The third kappa shape index (κ3) is 2.44. The Balaban J connectivity index is 1.66. The molecule has 0 spiro atoms. The number of nitrogens with one attached hydrogen (secondary N) is 1. The van der Waals surface area contributed by atoms with Crippen LogP contribution in [0.5, 0.6) is 11.5 Å². The lowest BCUT2D eigenvalue weighted by atomic mass is 10.1. The third-order valence-corrected chi connectivity index (χ3v) is 3.63. The van der Waals surface area contributed by atoms with Crippen molar-refractivity contribution >= 4 is 0 Å². The molecule has 0 radical (unpaired) electrons. The Labute approximate surface area is 108 Å². The highest BCUT2D eigenvalue weighted by atomic mass is 16.7. The largest absolute Gasteiger partial charge is 0.454 e. The highest BCUT2D eigenvalue weighted by molar-refractivity contribution is 5.45. The maximum Gasteiger partial charge on any atom is 0.231 e. The van der Waals surface area contributed by atoms with E-state index < -0.39 is 0 Å². The molecule has 1 saturated heterocycles. The molecule has 2 heterocycles. The van der Waals surface area contributed by atoms with Crippen molar-refractivity contribution < 1.29 is 9.47 Å².